The van der Waals surface area contributed by atoms with Crippen molar-refractivity contribution in [3.8, 4) is 0 Å². The minimum absolute atomic E-state index is 0.0722. The van der Waals surface area contributed by atoms with Crippen LogP contribution < -0.4 is 0 Å². The molecule has 0 saturated heterocycles. The van der Waals surface area contributed by atoms with E-state index >= 15 is 0 Å². The van der Waals surface area contributed by atoms with E-state index in [0.29, 0.717) is 36.7 Å². The third-order valence-corrected chi connectivity index (χ3v) is 5.76. The van der Waals surface area contributed by atoms with Gasteiger partial charge in [-0.05, 0) is 43.9 Å². The van der Waals surface area contributed by atoms with E-state index in [1.807, 2.05) is 12.2 Å². The summed E-state index contributed by atoms with van der Waals surface area (Å²) in [7, 11) is 0. The Labute approximate surface area is 144 Å². The predicted octanol–water partition coefficient (Wildman–Crippen LogP) is 4.18. The zero-order valence-electron chi connectivity index (χ0n) is 14.7. The third kappa shape index (κ3) is 4.78. The van der Waals surface area contributed by atoms with E-state index < -0.39 is 5.97 Å². The minimum Gasteiger partial charge on any atom is -0.481 e. The van der Waals surface area contributed by atoms with Gasteiger partial charge in [0.15, 0.2) is 0 Å². The highest BCUT2D eigenvalue weighted by molar-refractivity contribution is 5.88. The Morgan fingerprint density at radius 1 is 1.12 bits per heavy atom. The maximum absolute atomic E-state index is 12.5. The van der Waals surface area contributed by atoms with E-state index in [0.717, 1.165) is 38.5 Å². The van der Waals surface area contributed by atoms with Crippen molar-refractivity contribution in [2.24, 2.45) is 23.7 Å². The first-order valence-electron chi connectivity index (χ1n) is 9.46. The highest BCUT2D eigenvalue weighted by atomic mass is 16.4. The second kappa shape index (κ2) is 9.14. The number of Topliss-reactive ketones (excluding diaryl/α,β-unsaturated/α-hetero) is 2. The molecule has 0 heterocycles. The Morgan fingerprint density at radius 3 is 2.62 bits per heavy atom. The maximum Gasteiger partial charge on any atom is 0.303 e. The molecule has 0 aromatic heterocycles. The SMILES string of the molecule is CCCC[C@H]1C(=O)CC[C@H]2[C@@H]1CC(=O)[C@H]2C/C=C\CCCC(=O)O. The fourth-order valence-corrected chi connectivity index (χ4v) is 4.50. The Morgan fingerprint density at radius 2 is 1.92 bits per heavy atom. The summed E-state index contributed by atoms with van der Waals surface area (Å²) < 4.78 is 0. The van der Waals surface area contributed by atoms with Crippen molar-refractivity contribution in [2.45, 2.75) is 71.1 Å². The number of carbonyl (C=O) groups excluding carboxylic acids is 2. The van der Waals surface area contributed by atoms with E-state index in [1.165, 1.54) is 0 Å². The molecule has 2 aliphatic carbocycles. The van der Waals surface area contributed by atoms with Crippen LogP contribution in [0.1, 0.15) is 71.1 Å². The number of carboxylic acids is 1. The fraction of sp³-hybridized carbons (Fsp3) is 0.750. The molecule has 2 aliphatic rings. The van der Waals surface area contributed by atoms with Crippen LogP contribution in [0.25, 0.3) is 0 Å². The molecule has 2 rings (SSSR count). The average Bonchev–Trinajstić information content (AvgIpc) is 2.85. The van der Waals surface area contributed by atoms with Gasteiger partial charge in [-0.25, -0.2) is 0 Å². The summed E-state index contributed by atoms with van der Waals surface area (Å²) in [6.45, 7) is 2.14. The monoisotopic (exact) mass is 334 g/mol. The number of fused-ring (bicyclic) bond motifs is 1. The standard InChI is InChI=1S/C20H30O4/c1-2-3-8-16-17-13-19(22)15(14(17)11-12-18(16)21)9-6-4-5-7-10-20(23)24/h4,6,14-17H,2-3,5,7-13H2,1H3,(H,23,24)/b6-4-/t14-,15+,16-,17+/m1/s1. The number of unbranched alkanes of at least 4 members (excludes halogenated alkanes) is 2. The molecule has 0 unspecified atom stereocenters. The van der Waals surface area contributed by atoms with Crippen molar-refractivity contribution in [2.75, 3.05) is 0 Å². The lowest BCUT2D eigenvalue weighted by Crippen LogP contribution is -2.34. The van der Waals surface area contributed by atoms with Crippen LogP contribution in [0.4, 0.5) is 0 Å². The number of allylic oxidation sites excluding steroid dienone is 2. The second-order valence-corrected chi connectivity index (χ2v) is 7.35. The van der Waals surface area contributed by atoms with Gasteiger partial charge in [-0.3, -0.25) is 14.4 Å². The number of ketones is 2. The molecule has 0 aromatic rings. The van der Waals surface area contributed by atoms with E-state index in [4.69, 9.17) is 5.11 Å². The lowest BCUT2D eigenvalue weighted by molar-refractivity contribution is -0.137. The molecule has 0 spiro atoms. The Balaban J connectivity index is 1.88. The zero-order chi connectivity index (χ0) is 17.5. The Bertz CT molecular complexity index is 494. The van der Waals surface area contributed by atoms with Crippen LogP contribution in [-0.4, -0.2) is 22.6 Å². The quantitative estimate of drug-likeness (QED) is 0.507. The number of carbonyl (C=O) groups is 3. The molecular weight excluding hydrogens is 304 g/mol. The maximum atomic E-state index is 12.5. The molecule has 0 radical (unpaired) electrons. The molecule has 24 heavy (non-hydrogen) atoms. The summed E-state index contributed by atoms with van der Waals surface area (Å²) in [5.41, 5.74) is 0. The van der Waals surface area contributed by atoms with Crippen LogP contribution in [-0.2, 0) is 14.4 Å². The first-order chi connectivity index (χ1) is 11.5. The van der Waals surface area contributed by atoms with Gasteiger partial charge in [-0.15, -0.1) is 0 Å². The van der Waals surface area contributed by atoms with E-state index in [-0.39, 0.29) is 24.2 Å². The van der Waals surface area contributed by atoms with E-state index in [9.17, 15) is 14.4 Å². The normalized spacial score (nSPS) is 30.0. The number of carboxylic acid groups (broad SMARTS) is 1. The molecule has 1 N–H and O–H groups in total. The molecule has 2 saturated carbocycles. The molecule has 4 atom stereocenters. The average molecular weight is 334 g/mol. The molecule has 0 aliphatic heterocycles. The third-order valence-electron chi connectivity index (χ3n) is 5.76. The van der Waals surface area contributed by atoms with Crippen molar-refractivity contribution in [1.82, 2.24) is 0 Å². The summed E-state index contributed by atoms with van der Waals surface area (Å²) in [5.74, 6) is 0.775. The summed E-state index contributed by atoms with van der Waals surface area (Å²) in [4.78, 5) is 35.2. The highest BCUT2D eigenvalue weighted by Crippen LogP contribution is 2.48. The van der Waals surface area contributed by atoms with Crippen molar-refractivity contribution >= 4 is 17.5 Å². The predicted molar refractivity (Wildman–Crippen MR) is 92.6 cm³/mol. The van der Waals surface area contributed by atoms with Gasteiger partial charge in [0.05, 0.1) is 0 Å². The fourth-order valence-electron chi connectivity index (χ4n) is 4.50. The van der Waals surface area contributed by atoms with Crippen LogP contribution in [0.2, 0.25) is 0 Å². The van der Waals surface area contributed by atoms with Crippen LogP contribution in [0.5, 0.6) is 0 Å². The summed E-state index contributed by atoms with van der Waals surface area (Å²) in [6, 6.07) is 0. The van der Waals surface area contributed by atoms with Gasteiger partial charge in [0, 0.05) is 31.1 Å². The van der Waals surface area contributed by atoms with E-state index in [1.54, 1.807) is 0 Å². The van der Waals surface area contributed by atoms with Gasteiger partial charge in [0.25, 0.3) is 0 Å². The lowest BCUT2D eigenvalue weighted by Gasteiger charge is -2.34. The second-order valence-electron chi connectivity index (χ2n) is 7.35. The Kier molecular flexibility index (Phi) is 7.19. The summed E-state index contributed by atoms with van der Waals surface area (Å²) in [6.07, 6.45) is 11.6. The molecular formula is C20H30O4. The lowest BCUT2D eigenvalue weighted by atomic mass is 9.69. The van der Waals surface area contributed by atoms with Gasteiger partial charge in [-0.1, -0.05) is 31.9 Å². The number of rotatable bonds is 9. The molecule has 4 heteroatoms. The molecule has 0 amide bonds. The van der Waals surface area contributed by atoms with Crippen molar-refractivity contribution in [3.05, 3.63) is 12.2 Å². The molecule has 0 bridgehead atoms. The summed E-state index contributed by atoms with van der Waals surface area (Å²) >= 11 is 0. The van der Waals surface area contributed by atoms with Crippen LogP contribution in [0, 0.1) is 23.7 Å². The number of aliphatic carboxylic acids is 1. The number of hydrogen-bond donors (Lipinski definition) is 1. The van der Waals surface area contributed by atoms with Gasteiger partial charge < -0.3 is 5.11 Å². The minimum atomic E-state index is -0.762. The van der Waals surface area contributed by atoms with Gasteiger partial charge >= 0.3 is 5.97 Å². The zero-order valence-corrected chi connectivity index (χ0v) is 14.7. The van der Waals surface area contributed by atoms with Crippen LogP contribution in [0.3, 0.4) is 0 Å². The first-order valence-corrected chi connectivity index (χ1v) is 9.46. The summed E-state index contributed by atoms with van der Waals surface area (Å²) in [5, 5.41) is 8.62. The van der Waals surface area contributed by atoms with Crippen LogP contribution in [0.15, 0.2) is 12.2 Å². The molecule has 4 nitrogen and oxygen atoms in total. The molecule has 2 fully saturated rings. The number of hydrogen-bond acceptors (Lipinski definition) is 3. The van der Waals surface area contributed by atoms with Crippen molar-refractivity contribution < 1.29 is 19.5 Å². The Hall–Kier alpha value is -1.45. The van der Waals surface area contributed by atoms with Crippen molar-refractivity contribution in [3.63, 3.8) is 0 Å². The smallest absolute Gasteiger partial charge is 0.303 e. The highest BCUT2D eigenvalue weighted by Gasteiger charge is 2.48. The van der Waals surface area contributed by atoms with Gasteiger partial charge in [0.2, 0.25) is 0 Å². The first kappa shape index (κ1) is 18.9. The van der Waals surface area contributed by atoms with Gasteiger partial charge in [-0.2, -0.15) is 0 Å². The van der Waals surface area contributed by atoms with Crippen LogP contribution >= 0.6 is 0 Å². The van der Waals surface area contributed by atoms with Gasteiger partial charge in [0.1, 0.15) is 11.6 Å². The van der Waals surface area contributed by atoms with E-state index in [2.05, 4.69) is 6.92 Å². The topological polar surface area (TPSA) is 71.4 Å². The van der Waals surface area contributed by atoms with Crippen molar-refractivity contribution in [1.29, 1.82) is 0 Å². The molecule has 0 aromatic carbocycles. The molecule has 134 valence electrons. The largest absolute Gasteiger partial charge is 0.481 e.